The number of halogens is 1. The molecule has 7 heteroatoms. The molecule has 1 aromatic carbocycles. The van der Waals surface area contributed by atoms with E-state index >= 15 is 0 Å². The Labute approximate surface area is 129 Å². The van der Waals surface area contributed by atoms with Crippen LogP contribution in [0, 0.1) is 0 Å². The van der Waals surface area contributed by atoms with Crippen molar-refractivity contribution in [1.29, 1.82) is 0 Å². The minimum absolute atomic E-state index is 0. The lowest BCUT2D eigenvalue weighted by atomic mass is 10.1. The third-order valence-electron chi connectivity index (χ3n) is 3.48. The highest BCUT2D eigenvalue weighted by molar-refractivity contribution is 5.95. The second kappa shape index (κ2) is 6.87. The molecule has 21 heavy (non-hydrogen) atoms. The Morgan fingerprint density at radius 1 is 1.24 bits per heavy atom. The van der Waals surface area contributed by atoms with Crippen LogP contribution < -0.4 is 19.5 Å². The molecule has 0 radical (unpaired) electrons. The lowest BCUT2D eigenvalue weighted by molar-refractivity contribution is 0.0734. The Hall–Kier alpha value is -1.66. The van der Waals surface area contributed by atoms with E-state index in [2.05, 4.69) is 5.32 Å². The standard InChI is InChI=1S/C14H18N2O4.ClH/c1-18-11-8-10(9-12-13(11)20-7-6-19-12)14(17)16-4-2-15-3-5-16;/h8-9,15H,2-7H2,1H3;1H. The molecule has 1 aromatic rings. The number of benzene rings is 1. The number of ether oxygens (including phenoxy) is 3. The van der Waals surface area contributed by atoms with Crippen LogP contribution in [-0.2, 0) is 0 Å². The van der Waals surface area contributed by atoms with Crippen LogP contribution in [0.3, 0.4) is 0 Å². The van der Waals surface area contributed by atoms with E-state index in [-0.39, 0.29) is 18.3 Å². The summed E-state index contributed by atoms with van der Waals surface area (Å²) in [6.07, 6.45) is 0. The van der Waals surface area contributed by atoms with Crippen LogP contribution in [0.25, 0.3) is 0 Å². The van der Waals surface area contributed by atoms with Crippen LogP contribution in [0.15, 0.2) is 12.1 Å². The van der Waals surface area contributed by atoms with Gasteiger partial charge in [-0.1, -0.05) is 0 Å². The van der Waals surface area contributed by atoms with E-state index in [4.69, 9.17) is 14.2 Å². The summed E-state index contributed by atoms with van der Waals surface area (Å²) in [5, 5.41) is 3.23. The lowest BCUT2D eigenvalue weighted by Gasteiger charge is -2.28. The zero-order chi connectivity index (χ0) is 13.9. The zero-order valence-corrected chi connectivity index (χ0v) is 12.7. The summed E-state index contributed by atoms with van der Waals surface area (Å²) in [4.78, 5) is 14.3. The third-order valence-corrected chi connectivity index (χ3v) is 3.48. The second-order valence-electron chi connectivity index (χ2n) is 4.74. The monoisotopic (exact) mass is 314 g/mol. The van der Waals surface area contributed by atoms with Crippen molar-refractivity contribution in [3.8, 4) is 17.2 Å². The number of nitrogens with zero attached hydrogens (tertiary/aromatic N) is 1. The molecule has 1 amide bonds. The van der Waals surface area contributed by atoms with Crippen LogP contribution in [0.2, 0.25) is 0 Å². The average molecular weight is 315 g/mol. The minimum atomic E-state index is 0. The Balaban J connectivity index is 0.00000161. The molecular formula is C14H19ClN2O4. The van der Waals surface area contributed by atoms with Gasteiger partial charge in [0, 0.05) is 31.7 Å². The SMILES string of the molecule is COc1cc(C(=O)N2CCNCC2)cc2c1OCCO2.Cl. The summed E-state index contributed by atoms with van der Waals surface area (Å²) in [6, 6.07) is 3.46. The van der Waals surface area contributed by atoms with Crippen LogP contribution in [0.5, 0.6) is 17.2 Å². The summed E-state index contributed by atoms with van der Waals surface area (Å²) in [5.41, 5.74) is 0.577. The smallest absolute Gasteiger partial charge is 0.254 e. The number of nitrogens with one attached hydrogen (secondary N) is 1. The van der Waals surface area contributed by atoms with E-state index in [0.717, 1.165) is 26.2 Å². The molecular weight excluding hydrogens is 296 g/mol. The van der Waals surface area contributed by atoms with Crippen LogP contribution >= 0.6 is 12.4 Å². The topological polar surface area (TPSA) is 60.0 Å². The van der Waals surface area contributed by atoms with Gasteiger partial charge in [0.1, 0.15) is 13.2 Å². The number of rotatable bonds is 2. The predicted molar refractivity (Wildman–Crippen MR) is 80.0 cm³/mol. The van der Waals surface area contributed by atoms with Gasteiger partial charge in [0.2, 0.25) is 5.75 Å². The Bertz CT molecular complexity index is 501. The first-order valence-electron chi connectivity index (χ1n) is 6.77. The molecule has 2 heterocycles. The molecule has 0 aromatic heterocycles. The molecule has 3 rings (SSSR count). The molecule has 0 unspecified atom stereocenters. The molecule has 6 nitrogen and oxygen atoms in total. The largest absolute Gasteiger partial charge is 0.493 e. The maximum Gasteiger partial charge on any atom is 0.254 e. The number of amides is 1. The van der Waals surface area contributed by atoms with Crippen molar-refractivity contribution in [3.05, 3.63) is 17.7 Å². The fraction of sp³-hybridized carbons (Fsp3) is 0.500. The van der Waals surface area contributed by atoms with Gasteiger partial charge in [-0.2, -0.15) is 0 Å². The fourth-order valence-corrected chi connectivity index (χ4v) is 2.45. The Kier molecular flexibility index (Phi) is 5.14. The van der Waals surface area contributed by atoms with Crippen molar-refractivity contribution in [2.75, 3.05) is 46.5 Å². The highest BCUT2D eigenvalue weighted by atomic mass is 35.5. The molecule has 2 aliphatic rings. The number of carbonyl (C=O) groups excluding carboxylic acids is 1. The minimum Gasteiger partial charge on any atom is -0.493 e. The molecule has 1 saturated heterocycles. The van der Waals surface area contributed by atoms with Crippen LogP contribution in [0.1, 0.15) is 10.4 Å². The first-order chi connectivity index (χ1) is 9.79. The number of methoxy groups -OCH3 is 1. The van der Waals surface area contributed by atoms with Gasteiger partial charge in [0.15, 0.2) is 11.5 Å². The quantitative estimate of drug-likeness (QED) is 0.880. The molecule has 0 aliphatic carbocycles. The van der Waals surface area contributed by atoms with Crippen molar-refractivity contribution in [2.24, 2.45) is 0 Å². The highest BCUT2D eigenvalue weighted by Crippen LogP contribution is 2.40. The summed E-state index contributed by atoms with van der Waals surface area (Å²) in [6.45, 7) is 4.07. The summed E-state index contributed by atoms with van der Waals surface area (Å²) < 4.78 is 16.4. The van der Waals surface area contributed by atoms with Gasteiger partial charge in [-0.3, -0.25) is 4.79 Å². The molecule has 1 N–H and O–H groups in total. The van der Waals surface area contributed by atoms with Crippen LogP contribution in [-0.4, -0.2) is 57.3 Å². The third kappa shape index (κ3) is 3.16. The van der Waals surface area contributed by atoms with E-state index in [0.29, 0.717) is 36.0 Å². The van der Waals surface area contributed by atoms with Gasteiger partial charge in [0.25, 0.3) is 5.91 Å². The summed E-state index contributed by atoms with van der Waals surface area (Å²) in [5.74, 6) is 1.70. The molecule has 0 saturated carbocycles. The van der Waals surface area contributed by atoms with Crippen molar-refractivity contribution in [2.45, 2.75) is 0 Å². The van der Waals surface area contributed by atoms with E-state index in [1.807, 2.05) is 4.90 Å². The average Bonchev–Trinajstić information content (AvgIpc) is 2.54. The lowest BCUT2D eigenvalue weighted by Crippen LogP contribution is -2.46. The molecule has 0 atom stereocenters. The number of fused-ring (bicyclic) bond motifs is 1. The maximum absolute atomic E-state index is 12.5. The second-order valence-corrected chi connectivity index (χ2v) is 4.74. The van der Waals surface area contributed by atoms with Gasteiger partial charge in [-0.15, -0.1) is 12.4 Å². The normalized spacial score (nSPS) is 16.9. The number of piperazine rings is 1. The summed E-state index contributed by atoms with van der Waals surface area (Å²) >= 11 is 0. The maximum atomic E-state index is 12.5. The highest BCUT2D eigenvalue weighted by Gasteiger charge is 2.24. The predicted octanol–water partition coefficient (Wildman–Crippen LogP) is 0.934. The number of hydrogen-bond acceptors (Lipinski definition) is 5. The van der Waals surface area contributed by atoms with E-state index < -0.39 is 0 Å². The van der Waals surface area contributed by atoms with Gasteiger partial charge >= 0.3 is 0 Å². The Morgan fingerprint density at radius 3 is 2.67 bits per heavy atom. The molecule has 1 fully saturated rings. The van der Waals surface area contributed by atoms with Crippen LogP contribution in [0.4, 0.5) is 0 Å². The molecule has 2 aliphatic heterocycles. The fourth-order valence-electron chi connectivity index (χ4n) is 2.45. The molecule has 0 spiro atoms. The van der Waals surface area contributed by atoms with Gasteiger partial charge in [-0.25, -0.2) is 0 Å². The van der Waals surface area contributed by atoms with Gasteiger partial charge in [-0.05, 0) is 12.1 Å². The van der Waals surface area contributed by atoms with E-state index in [1.165, 1.54) is 0 Å². The molecule has 116 valence electrons. The Morgan fingerprint density at radius 2 is 1.95 bits per heavy atom. The molecule has 0 bridgehead atoms. The van der Waals surface area contributed by atoms with Crippen molar-refractivity contribution >= 4 is 18.3 Å². The first kappa shape index (κ1) is 15.7. The van der Waals surface area contributed by atoms with E-state index in [9.17, 15) is 4.79 Å². The van der Waals surface area contributed by atoms with Crippen molar-refractivity contribution < 1.29 is 19.0 Å². The summed E-state index contributed by atoms with van der Waals surface area (Å²) in [7, 11) is 1.56. The van der Waals surface area contributed by atoms with Gasteiger partial charge in [0.05, 0.1) is 7.11 Å². The zero-order valence-electron chi connectivity index (χ0n) is 11.9. The number of hydrogen-bond donors (Lipinski definition) is 1. The van der Waals surface area contributed by atoms with Crippen molar-refractivity contribution in [3.63, 3.8) is 0 Å². The van der Waals surface area contributed by atoms with Gasteiger partial charge < -0.3 is 24.4 Å². The first-order valence-corrected chi connectivity index (χ1v) is 6.77. The number of carbonyl (C=O) groups is 1. The van der Waals surface area contributed by atoms with Crippen molar-refractivity contribution in [1.82, 2.24) is 10.2 Å². The van der Waals surface area contributed by atoms with E-state index in [1.54, 1.807) is 19.2 Å².